The van der Waals surface area contributed by atoms with Gasteiger partial charge >= 0.3 is 6.03 Å². The van der Waals surface area contributed by atoms with Crippen LogP contribution < -0.4 is 4.74 Å². The van der Waals surface area contributed by atoms with Crippen LogP contribution in [0.5, 0.6) is 5.88 Å². The minimum atomic E-state index is -0.716. The van der Waals surface area contributed by atoms with Gasteiger partial charge in [-0.3, -0.25) is 0 Å². The van der Waals surface area contributed by atoms with E-state index in [1.54, 1.807) is 6.07 Å². The SMILES string of the molecule is Cc1nscc1-c1ccc(F)c(OC2CN(C(=O)N3N=CC[C@H]3c3cc(F)cc(F)c3)C2)n1. The number of hydrazone groups is 1. The number of hydrogen-bond acceptors (Lipinski definition) is 6. The van der Waals surface area contributed by atoms with Crippen LogP contribution in [0.25, 0.3) is 11.3 Å². The highest BCUT2D eigenvalue weighted by atomic mass is 32.1. The molecule has 1 fully saturated rings. The maximum Gasteiger partial charge on any atom is 0.341 e. The van der Waals surface area contributed by atoms with Crippen LogP contribution in [-0.4, -0.2) is 50.7 Å². The van der Waals surface area contributed by atoms with Crippen molar-refractivity contribution in [2.24, 2.45) is 5.10 Å². The molecule has 1 saturated heterocycles. The molecule has 0 bridgehead atoms. The Morgan fingerprint density at radius 3 is 2.61 bits per heavy atom. The number of likely N-dealkylation sites (tertiary alicyclic amines) is 1. The van der Waals surface area contributed by atoms with Crippen LogP contribution in [0.15, 0.2) is 40.8 Å². The molecule has 2 amide bonds. The zero-order valence-corrected chi connectivity index (χ0v) is 18.2. The zero-order valence-electron chi connectivity index (χ0n) is 17.4. The van der Waals surface area contributed by atoms with E-state index in [1.807, 2.05) is 12.3 Å². The van der Waals surface area contributed by atoms with Crippen molar-refractivity contribution in [3.8, 4) is 17.1 Å². The molecule has 0 aliphatic carbocycles. The summed E-state index contributed by atoms with van der Waals surface area (Å²) in [6.07, 6.45) is 1.44. The van der Waals surface area contributed by atoms with Crippen molar-refractivity contribution < 1.29 is 22.7 Å². The summed E-state index contributed by atoms with van der Waals surface area (Å²) >= 11 is 1.29. The fourth-order valence-corrected chi connectivity index (χ4v) is 4.51. The Morgan fingerprint density at radius 2 is 1.91 bits per heavy atom. The van der Waals surface area contributed by atoms with E-state index in [0.717, 1.165) is 17.3 Å². The topological polar surface area (TPSA) is 70.9 Å². The molecule has 7 nitrogen and oxygen atoms in total. The molecule has 0 spiro atoms. The van der Waals surface area contributed by atoms with E-state index in [1.165, 1.54) is 45.9 Å². The third-order valence-corrected chi connectivity index (χ3v) is 6.25. The molecule has 0 N–H and O–H groups in total. The molecule has 2 aliphatic rings. The van der Waals surface area contributed by atoms with Gasteiger partial charge in [0.25, 0.3) is 5.88 Å². The summed E-state index contributed by atoms with van der Waals surface area (Å²) in [6, 6.07) is 5.00. The first-order valence-corrected chi connectivity index (χ1v) is 11.0. The first-order valence-electron chi connectivity index (χ1n) is 10.2. The summed E-state index contributed by atoms with van der Waals surface area (Å²) in [5.74, 6) is -2.16. The standard InChI is InChI=1S/C22H18F3N5O2S/c1-12-17(11-33-28-12)19-3-2-18(25)21(27-19)32-16-9-29(10-16)22(31)30-20(4-5-26-30)13-6-14(23)8-15(24)7-13/h2-3,5-8,11,16,20H,4,9-10H2,1H3/t20-/m0/s1. The van der Waals surface area contributed by atoms with Crippen LogP contribution in [-0.2, 0) is 0 Å². The van der Waals surface area contributed by atoms with Gasteiger partial charge in [-0.15, -0.1) is 0 Å². The number of pyridine rings is 1. The molecular weight excluding hydrogens is 455 g/mol. The number of urea groups is 1. The first kappa shape index (κ1) is 21.4. The number of hydrogen-bond donors (Lipinski definition) is 0. The molecule has 1 aromatic carbocycles. The van der Waals surface area contributed by atoms with Gasteiger partial charge in [-0.05, 0) is 48.3 Å². The molecule has 2 aliphatic heterocycles. The van der Waals surface area contributed by atoms with Crippen LogP contribution in [0.4, 0.5) is 18.0 Å². The summed E-state index contributed by atoms with van der Waals surface area (Å²) < 4.78 is 51.4. The van der Waals surface area contributed by atoms with Gasteiger partial charge < -0.3 is 9.64 Å². The predicted octanol–water partition coefficient (Wildman–Crippen LogP) is 4.55. The summed E-state index contributed by atoms with van der Waals surface area (Å²) in [5.41, 5.74) is 2.49. The lowest BCUT2D eigenvalue weighted by molar-refractivity contribution is 0.0231. The number of halogens is 3. The van der Waals surface area contributed by atoms with E-state index >= 15 is 0 Å². The van der Waals surface area contributed by atoms with Crippen molar-refractivity contribution in [2.75, 3.05) is 13.1 Å². The summed E-state index contributed by atoms with van der Waals surface area (Å²) in [7, 11) is 0. The van der Waals surface area contributed by atoms with E-state index < -0.39 is 35.6 Å². The van der Waals surface area contributed by atoms with Crippen LogP contribution in [0.2, 0.25) is 0 Å². The first-order chi connectivity index (χ1) is 15.9. The number of carbonyl (C=O) groups excluding carboxylic acids is 1. The number of ether oxygens (including phenoxy) is 1. The van der Waals surface area contributed by atoms with E-state index in [9.17, 15) is 18.0 Å². The Hall–Kier alpha value is -3.47. The highest BCUT2D eigenvalue weighted by Crippen LogP contribution is 2.32. The molecule has 0 unspecified atom stereocenters. The molecule has 4 heterocycles. The zero-order chi connectivity index (χ0) is 23.1. The van der Waals surface area contributed by atoms with E-state index in [2.05, 4.69) is 14.5 Å². The lowest BCUT2D eigenvalue weighted by atomic mass is 10.0. The van der Waals surface area contributed by atoms with Gasteiger partial charge in [0, 0.05) is 29.6 Å². The third-order valence-electron chi connectivity index (χ3n) is 5.53. The maximum absolute atomic E-state index is 14.3. The molecule has 11 heteroatoms. The van der Waals surface area contributed by atoms with Crippen LogP contribution in [0.3, 0.4) is 0 Å². The molecule has 33 heavy (non-hydrogen) atoms. The number of nitrogens with zero attached hydrogens (tertiary/aromatic N) is 5. The molecule has 2 aromatic heterocycles. The Bertz CT molecular complexity index is 1220. The van der Waals surface area contributed by atoms with Crippen molar-refractivity contribution in [3.63, 3.8) is 0 Å². The Kier molecular flexibility index (Phi) is 5.49. The normalized spacial score (nSPS) is 18.0. The average molecular weight is 473 g/mol. The van der Waals surface area contributed by atoms with Gasteiger partial charge in [-0.1, -0.05) is 0 Å². The maximum atomic E-state index is 14.3. The smallest absolute Gasteiger partial charge is 0.341 e. The van der Waals surface area contributed by atoms with Crippen LogP contribution in [0.1, 0.15) is 23.7 Å². The molecule has 0 radical (unpaired) electrons. The minimum absolute atomic E-state index is 0.137. The lowest BCUT2D eigenvalue weighted by Gasteiger charge is -2.40. The van der Waals surface area contributed by atoms with E-state index in [4.69, 9.17) is 4.74 Å². The highest BCUT2D eigenvalue weighted by molar-refractivity contribution is 7.04. The number of benzene rings is 1. The molecule has 0 saturated carbocycles. The second-order valence-corrected chi connectivity index (χ2v) is 8.45. The van der Waals surface area contributed by atoms with Gasteiger partial charge in [0.2, 0.25) is 0 Å². The Balaban J connectivity index is 1.24. The average Bonchev–Trinajstić information content (AvgIpc) is 3.39. The molecule has 170 valence electrons. The fourth-order valence-electron chi connectivity index (χ4n) is 3.81. The van der Waals surface area contributed by atoms with Gasteiger partial charge in [0.15, 0.2) is 5.82 Å². The number of carbonyl (C=O) groups is 1. The van der Waals surface area contributed by atoms with E-state index in [-0.39, 0.29) is 19.0 Å². The number of aromatic nitrogens is 2. The van der Waals surface area contributed by atoms with Crippen molar-refractivity contribution in [1.82, 2.24) is 19.3 Å². The quantitative estimate of drug-likeness (QED) is 0.558. The van der Waals surface area contributed by atoms with Gasteiger partial charge in [0.1, 0.15) is 17.7 Å². The van der Waals surface area contributed by atoms with Crippen molar-refractivity contribution in [3.05, 3.63) is 64.4 Å². The van der Waals surface area contributed by atoms with Gasteiger partial charge in [-0.25, -0.2) is 28.0 Å². The number of aryl methyl sites for hydroxylation is 1. The van der Waals surface area contributed by atoms with E-state index in [0.29, 0.717) is 17.7 Å². The van der Waals surface area contributed by atoms with Crippen molar-refractivity contribution in [1.29, 1.82) is 0 Å². The highest BCUT2D eigenvalue weighted by Gasteiger charge is 2.39. The monoisotopic (exact) mass is 473 g/mol. The van der Waals surface area contributed by atoms with Crippen molar-refractivity contribution >= 4 is 23.8 Å². The summed E-state index contributed by atoms with van der Waals surface area (Å²) in [6.45, 7) is 2.26. The molecule has 3 aromatic rings. The lowest BCUT2D eigenvalue weighted by Crippen LogP contribution is -2.59. The number of amides is 2. The van der Waals surface area contributed by atoms with Gasteiger partial charge in [0.05, 0.1) is 30.5 Å². The molecular formula is C22H18F3N5O2S. The third kappa shape index (κ3) is 4.15. The second kappa shape index (κ2) is 8.47. The van der Waals surface area contributed by atoms with Gasteiger partial charge in [-0.2, -0.15) is 9.47 Å². The van der Waals surface area contributed by atoms with Crippen LogP contribution >= 0.6 is 11.5 Å². The number of rotatable bonds is 4. The Labute approximate surface area is 191 Å². The fraction of sp³-hybridized carbons (Fsp3) is 0.273. The summed E-state index contributed by atoms with van der Waals surface area (Å²) in [5, 5.41) is 7.12. The largest absolute Gasteiger partial charge is 0.468 e. The van der Waals surface area contributed by atoms with Crippen molar-refractivity contribution in [2.45, 2.75) is 25.5 Å². The second-order valence-electron chi connectivity index (χ2n) is 7.82. The summed E-state index contributed by atoms with van der Waals surface area (Å²) in [4.78, 5) is 18.6. The molecule has 5 rings (SSSR count). The van der Waals surface area contributed by atoms with Crippen LogP contribution in [0, 0.1) is 24.4 Å². The molecule has 1 atom stereocenters. The minimum Gasteiger partial charge on any atom is -0.468 e. The predicted molar refractivity (Wildman–Crippen MR) is 115 cm³/mol. The Morgan fingerprint density at radius 1 is 1.15 bits per heavy atom.